The van der Waals surface area contributed by atoms with Gasteiger partial charge in [-0.15, -0.1) is 0 Å². The summed E-state index contributed by atoms with van der Waals surface area (Å²) < 4.78 is 53.0. The number of hydrogen-bond acceptors (Lipinski definition) is 6. The lowest BCUT2D eigenvalue weighted by atomic mass is 10.1. The van der Waals surface area contributed by atoms with Gasteiger partial charge in [-0.1, -0.05) is 6.58 Å². The maximum absolute atomic E-state index is 13.2. The van der Waals surface area contributed by atoms with E-state index in [-0.39, 0.29) is 23.5 Å². The van der Waals surface area contributed by atoms with Gasteiger partial charge in [0.1, 0.15) is 18.9 Å². The average Bonchev–Trinajstić information content (AvgIpc) is 3.08. The summed E-state index contributed by atoms with van der Waals surface area (Å²) in [6.45, 7) is 7.14. The Kier molecular flexibility index (Phi) is 6.72. The van der Waals surface area contributed by atoms with Gasteiger partial charge in [-0.2, -0.15) is 13.2 Å². The van der Waals surface area contributed by atoms with Crippen molar-refractivity contribution in [3.8, 4) is 11.5 Å². The van der Waals surface area contributed by atoms with Gasteiger partial charge in [-0.25, -0.2) is 4.98 Å². The highest BCUT2D eigenvalue weighted by molar-refractivity contribution is 6.04. The molecule has 1 aromatic carbocycles. The van der Waals surface area contributed by atoms with Crippen molar-refractivity contribution in [3.05, 3.63) is 53.9 Å². The number of halogens is 3. The summed E-state index contributed by atoms with van der Waals surface area (Å²) in [6.07, 6.45) is -0.171. The van der Waals surface area contributed by atoms with Gasteiger partial charge < -0.3 is 18.9 Å². The minimum atomic E-state index is -4.69. The number of hydrogen-bond donors (Lipinski definition) is 1. The van der Waals surface area contributed by atoms with Crippen LogP contribution < -0.4 is 14.8 Å². The minimum absolute atomic E-state index is 0.152. The number of imidazole rings is 1. The predicted octanol–water partition coefficient (Wildman–Crippen LogP) is 4.52. The molecule has 0 aliphatic carbocycles. The molecule has 1 atom stereocenters. The number of aromatic nitrogens is 3. The topological polar surface area (TPSA) is 98.6 Å². The maximum Gasteiger partial charge on any atom is 0.433 e. The van der Waals surface area contributed by atoms with Crippen LogP contribution in [0.15, 0.2) is 37.1 Å². The van der Waals surface area contributed by atoms with E-state index < -0.39 is 17.8 Å². The van der Waals surface area contributed by atoms with Crippen LogP contribution in [0, 0.1) is 6.92 Å². The van der Waals surface area contributed by atoms with Crippen LogP contribution in [0.5, 0.6) is 11.5 Å². The molecule has 2 aromatic heterocycles. The third-order valence-electron chi connectivity index (χ3n) is 6.75. The molecule has 1 N–H and O–H groups in total. The summed E-state index contributed by atoms with van der Waals surface area (Å²) in [7, 11) is 0. The Morgan fingerprint density at radius 3 is 2.76 bits per heavy atom. The van der Waals surface area contributed by atoms with Gasteiger partial charge in [0.25, 0.3) is 5.91 Å². The molecule has 2 aliphatic heterocycles. The average molecular weight is 530 g/mol. The van der Waals surface area contributed by atoms with Crippen LogP contribution in [0.25, 0.3) is 11.0 Å². The van der Waals surface area contributed by atoms with Gasteiger partial charge in [0, 0.05) is 36.5 Å². The van der Waals surface area contributed by atoms with Crippen molar-refractivity contribution in [2.45, 2.75) is 38.4 Å². The Hall–Kier alpha value is -4.09. The van der Waals surface area contributed by atoms with E-state index >= 15 is 0 Å². The number of carbonyl (C=O) groups is 2. The van der Waals surface area contributed by atoms with Gasteiger partial charge in [0.05, 0.1) is 17.1 Å². The van der Waals surface area contributed by atoms with E-state index in [0.29, 0.717) is 61.3 Å². The lowest BCUT2D eigenvalue weighted by molar-refractivity contribution is -0.141. The fraction of sp³-hybridized carbons (Fsp3) is 0.385. The lowest BCUT2D eigenvalue weighted by Crippen LogP contribution is -2.34. The number of rotatable bonds is 4. The van der Waals surface area contributed by atoms with E-state index in [4.69, 9.17) is 9.47 Å². The van der Waals surface area contributed by atoms with Crippen molar-refractivity contribution in [1.29, 1.82) is 0 Å². The molecular weight excluding hydrogens is 503 g/mol. The van der Waals surface area contributed by atoms with Crippen LogP contribution in [0.3, 0.4) is 0 Å². The first kappa shape index (κ1) is 25.6. The Morgan fingerprint density at radius 2 is 2.00 bits per heavy atom. The third-order valence-corrected chi connectivity index (χ3v) is 6.75. The number of anilines is 1. The highest BCUT2D eigenvalue weighted by Crippen LogP contribution is 2.42. The molecule has 0 radical (unpaired) electrons. The smallest absolute Gasteiger partial charge is 0.433 e. The molecule has 38 heavy (non-hydrogen) atoms. The highest BCUT2D eigenvalue weighted by Gasteiger charge is 2.34. The second-order valence-corrected chi connectivity index (χ2v) is 9.22. The number of nitrogens with zero attached hydrogens (tertiary/aromatic N) is 4. The molecule has 1 fully saturated rings. The molecule has 200 valence electrons. The molecule has 0 saturated carbocycles. The zero-order valence-electron chi connectivity index (χ0n) is 20.7. The van der Waals surface area contributed by atoms with Gasteiger partial charge in [0.2, 0.25) is 11.9 Å². The molecule has 4 heterocycles. The van der Waals surface area contributed by atoms with Crippen molar-refractivity contribution in [2.75, 3.05) is 31.6 Å². The summed E-state index contributed by atoms with van der Waals surface area (Å²) in [4.78, 5) is 35.3. The van der Waals surface area contributed by atoms with Crippen molar-refractivity contribution >= 4 is 28.8 Å². The Labute approximate surface area is 216 Å². The molecule has 0 bridgehead atoms. The summed E-state index contributed by atoms with van der Waals surface area (Å²) in [5.74, 6) is 0.279. The minimum Gasteiger partial charge on any atom is -0.486 e. The third kappa shape index (κ3) is 4.77. The fourth-order valence-electron chi connectivity index (χ4n) is 4.99. The van der Waals surface area contributed by atoms with E-state index in [0.717, 1.165) is 24.6 Å². The second-order valence-electron chi connectivity index (χ2n) is 9.22. The predicted molar refractivity (Wildman–Crippen MR) is 132 cm³/mol. The van der Waals surface area contributed by atoms with E-state index in [1.807, 2.05) is 11.5 Å². The standard InChI is InChI=1S/C26H26F3N5O4/c1-3-21(35)33-9-5-4-6-17(14-33)34-22-15(2)23-19(37-10-11-38-23)13-18(22)31-25(34)32-24(36)16-7-8-30-20(12-16)26(27,28)29/h3,7-8,12-13,17H,1,4-6,9-11,14H2,2H3,(H,31,32,36)/t17-/m1/s1. The quantitative estimate of drug-likeness (QED) is 0.499. The number of likely N-dealkylation sites (tertiary alicyclic amines) is 1. The van der Waals surface area contributed by atoms with Gasteiger partial charge in [-0.3, -0.25) is 19.9 Å². The molecule has 2 amide bonds. The molecule has 3 aromatic rings. The van der Waals surface area contributed by atoms with E-state index in [1.165, 1.54) is 12.1 Å². The number of amides is 2. The van der Waals surface area contributed by atoms with E-state index in [9.17, 15) is 22.8 Å². The van der Waals surface area contributed by atoms with Crippen LogP contribution in [-0.2, 0) is 11.0 Å². The largest absolute Gasteiger partial charge is 0.486 e. The number of benzene rings is 1. The molecule has 5 rings (SSSR count). The fourth-order valence-corrected chi connectivity index (χ4v) is 4.99. The number of carbonyl (C=O) groups excluding carboxylic acids is 2. The number of pyridine rings is 1. The Morgan fingerprint density at radius 1 is 1.21 bits per heavy atom. The first-order chi connectivity index (χ1) is 18.2. The molecule has 2 aliphatic rings. The van der Waals surface area contributed by atoms with Gasteiger partial charge in [-0.05, 0) is 44.4 Å². The van der Waals surface area contributed by atoms with Crippen molar-refractivity contribution in [1.82, 2.24) is 19.4 Å². The Balaban J connectivity index is 1.61. The monoisotopic (exact) mass is 529 g/mol. The highest BCUT2D eigenvalue weighted by atomic mass is 19.4. The molecular formula is C26H26F3N5O4. The second kappa shape index (κ2) is 9.99. The SMILES string of the molecule is C=CC(=O)N1CCCC[C@@H](n2c(NC(=O)c3ccnc(C(F)(F)F)c3)nc3cc4c(c(C)c32)OCCO4)C1. The van der Waals surface area contributed by atoms with Crippen molar-refractivity contribution in [3.63, 3.8) is 0 Å². The summed E-state index contributed by atoms with van der Waals surface area (Å²) in [6, 6.07) is 3.36. The van der Waals surface area contributed by atoms with Crippen LogP contribution in [0.1, 0.15) is 46.9 Å². The molecule has 0 unspecified atom stereocenters. The van der Waals surface area contributed by atoms with Crippen LogP contribution in [0.4, 0.5) is 19.1 Å². The first-order valence-corrected chi connectivity index (χ1v) is 12.2. The normalized spacial score (nSPS) is 17.7. The van der Waals surface area contributed by atoms with E-state index in [2.05, 4.69) is 21.9 Å². The number of ether oxygens (including phenoxy) is 2. The molecule has 9 nitrogen and oxygen atoms in total. The van der Waals surface area contributed by atoms with Gasteiger partial charge in [0.15, 0.2) is 11.5 Å². The molecule has 12 heteroatoms. The van der Waals surface area contributed by atoms with Gasteiger partial charge >= 0.3 is 6.18 Å². The number of nitrogens with one attached hydrogen (secondary N) is 1. The zero-order valence-corrected chi connectivity index (χ0v) is 20.7. The van der Waals surface area contributed by atoms with Crippen LogP contribution in [-0.4, -0.2) is 57.6 Å². The van der Waals surface area contributed by atoms with Crippen LogP contribution >= 0.6 is 0 Å². The number of alkyl halides is 3. The van der Waals surface area contributed by atoms with Crippen molar-refractivity contribution in [2.24, 2.45) is 0 Å². The summed E-state index contributed by atoms with van der Waals surface area (Å²) in [5, 5.41) is 2.70. The first-order valence-electron chi connectivity index (χ1n) is 12.2. The van der Waals surface area contributed by atoms with Crippen LogP contribution in [0.2, 0.25) is 0 Å². The summed E-state index contributed by atoms with van der Waals surface area (Å²) >= 11 is 0. The van der Waals surface area contributed by atoms with E-state index in [1.54, 1.807) is 11.0 Å². The zero-order chi connectivity index (χ0) is 27.0. The lowest BCUT2D eigenvalue weighted by Gasteiger charge is -2.27. The molecule has 0 spiro atoms. The number of aryl methyl sites for hydroxylation is 1. The van der Waals surface area contributed by atoms with Crippen molar-refractivity contribution < 1.29 is 32.2 Å². The number of fused-ring (bicyclic) bond motifs is 2. The summed E-state index contributed by atoms with van der Waals surface area (Å²) in [5.41, 5.74) is 0.586. The maximum atomic E-state index is 13.2. The molecule has 1 saturated heterocycles. The Bertz CT molecular complexity index is 1420.